The Bertz CT molecular complexity index is 1240. The number of methoxy groups -OCH3 is 1. The van der Waals surface area contributed by atoms with E-state index in [0.717, 1.165) is 0 Å². The maximum absolute atomic E-state index is 12.8. The van der Waals surface area contributed by atoms with Crippen molar-refractivity contribution in [3.63, 3.8) is 0 Å². The number of carbonyl (C=O) groups excluding carboxylic acids is 1. The summed E-state index contributed by atoms with van der Waals surface area (Å²) < 4.78 is 44.2. The molecule has 4 aromatic rings. The maximum Gasteiger partial charge on any atom is 0.493 e. The molecule has 4 rings (SSSR count). The van der Waals surface area contributed by atoms with Crippen LogP contribution in [-0.4, -0.2) is 43.9 Å². The van der Waals surface area contributed by atoms with Crippen molar-refractivity contribution in [3.05, 3.63) is 55.1 Å². The zero-order chi connectivity index (χ0) is 21.3. The van der Waals surface area contributed by atoms with Crippen LogP contribution in [0.4, 0.5) is 13.2 Å². The monoisotopic (exact) mass is 415 g/mol. The smallest absolute Gasteiger partial charge is 0.493 e. The summed E-state index contributed by atoms with van der Waals surface area (Å²) in [6, 6.07) is 9.47. The molecule has 8 nitrogen and oxygen atoms in total. The first kappa shape index (κ1) is 19.3. The van der Waals surface area contributed by atoms with Crippen molar-refractivity contribution in [2.24, 2.45) is 0 Å². The summed E-state index contributed by atoms with van der Waals surface area (Å²) in [5.74, 6) is -1.97. The molecule has 0 radical (unpaired) electrons. The van der Waals surface area contributed by atoms with Crippen LogP contribution in [0.25, 0.3) is 33.8 Å². The third-order valence-corrected chi connectivity index (χ3v) is 4.07. The fourth-order valence-electron chi connectivity index (χ4n) is 2.70. The van der Waals surface area contributed by atoms with Gasteiger partial charge in [-0.25, -0.2) is 19.7 Å². The van der Waals surface area contributed by atoms with Gasteiger partial charge in [0.15, 0.2) is 5.82 Å². The SMILES string of the molecule is COc1cncc(-c2cc(-c3nc4ccccc4n3OC(=O)C(F)(F)F)ncn2)c1. The average Bonchev–Trinajstić information content (AvgIpc) is 3.12. The lowest BCUT2D eigenvalue weighted by atomic mass is 10.2. The molecule has 0 saturated carbocycles. The Morgan fingerprint density at radius 1 is 1.07 bits per heavy atom. The number of halogens is 3. The lowest BCUT2D eigenvalue weighted by Crippen LogP contribution is -2.33. The largest absolute Gasteiger partial charge is 0.495 e. The molecule has 0 unspecified atom stereocenters. The molecular formula is C19H12F3N5O3. The van der Waals surface area contributed by atoms with Crippen LogP contribution in [0.3, 0.4) is 0 Å². The van der Waals surface area contributed by atoms with Crippen LogP contribution in [-0.2, 0) is 4.79 Å². The van der Waals surface area contributed by atoms with Gasteiger partial charge in [-0.3, -0.25) is 4.98 Å². The molecule has 0 aliphatic rings. The van der Waals surface area contributed by atoms with E-state index in [4.69, 9.17) is 4.74 Å². The molecule has 30 heavy (non-hydrogen) atoms. The minimum Gasteiger partial charge on any atom is -0.495 e. The number of benzene rings is 1. The fraction of sp³-hybridized carbons (Fsp3) is 0.105. The van der Waals surface area contributed by atoms with E-state index in [1.54, 1.807) is 30.5 Å². The number of pyridine rings is 1. The van der Waals surface area contributed by atoms with E-state index in [0.29, 0.717) is 27.3 Å². The molecule has 1 aromatic carbocycles. The van der Waals surface area contributed by atoms with Gasteiger partial charge in [0.25, 0.3) is 0 Å². The number of alkyl halides is 3. The van der Waals surface area contributed by atoms with Crippen molar-refractivity contribution in [3.8, 4) is 28.5 Å². The summed E-state index contributed by atoms with van der Waals surface area (Å²) in [5, 5.41) is 0. The summed E-state index contributed by atoms with van der Waals surface area (Å²) >= 11 is 0. The lowest BCUT2D eigenvalue weighted by molar-refractivity contribution is -0.199. The number of fused-ring (bicyclic) bond motifs is 1. The predicted octanol–water partition coefficient (Wildman–Crippen LogP) is 3.08. The quantitative estimate of drug-likeness (QED) is 0.506. The van der Waals surface area contributed by atoms with Crippen LogP contribution >= 0.6 is 0 Å². The summed E-state index contributed by atoms with van der Waals surface area (Å²) in [4.78, 5) is 32.6. The number of imidazole rings is 1. The van der Waals surface area contributed by atoms with E-state index in [9.17, 15) is 18.0 Å². The van der Waals surface area contributed by atoms with E-state index in [1.807, 2.05) is 0 Å². The van der Waals surface area contributed by atoms with Gasteiger partial charge in [-0.15, -0.1) is 0 Å². The lowest BCUT2D eigenvalue weighted by Gasteiger charge is -2.11. The number of rotatable bonds is 4. The maximum atomic E-state index is 12.8. The molecule has 3 heterocycles. The van der Waals surface area contributed by atoms with Crippen molar-refractivity contribution < 1.29 is 27.5 Å². The first-order chi connectivity index (χ1) is 14.4. The third kappa shape index (κ3) is 3.64. The molecular weight excluding hydrogens is 403 g/mol. The highest BCUT2D eigenvalue weighted by molar-refractivity contribution is 5.82. The second kappa shape index (κ2) is 7.43. The summed E-state index contributed by atoms with van der Waals surface area (Å²) in [6.45, 7) is 0. The van der Waals surface area contributed by atoms with Crippen LogP contribution in [0.5, 0.6) is 5.75 Å². The Labute approximate surface area is 166 Å². The van der Waals surface area contributed by atoms with E-state index in [2.05, 4.69) is 24.8 Å². The third-order valence-electron chi connectivity index (χ3n) is 4.07. The Kier molecular flexibility index (Phi) is 4.78. The molecule has 0 aliphatic carbocycles. The van der Waals surface area contributed by atoms with Crippen LogP contribution in [0.2, 0.25) is 0 Å². The van der Waals surface area contributed by atoms with Crippen molar-refractivity contribution in [1.29, 1.82) is 0 Å². The molecule has 0 N–H and O–H groups in total. The molecule has 0 atom stereocenters. The standard InChI is InChI=1S/C19H12F3N5O3/c1-29-12-6-11(8-23-9-12)14-7-15(25-10-24-14)17-26-13-4-2-3-5-16(13)27(17)30-18(28)19(20,21)22/h2-10H,1H3. The van der Waals surface area contributed by atoms with Crippen LogP contribution in [0.1, 0.15) is 0 Å². The van der Waals surface area contributed by atoms with Gasteiger partial charge >= 0.3 is 12.1 Å². The van der Waals surface area contributed by atoms with Gasteiger partial charge in [0, 0.05) is 11.8 Å². The summed E-state index contributed by atoms with van der Waals surface area (Å²) in [5.41, 5.74) is 1.66. The highest BCUT2D eigenvalue weighted by atomic mass is 19.4. The topological polar surface area (TPSA) is 92.0 Å². The van der Waals surface area contributed by atoms with Crippen molar-refractivity contribution in [2.75, 3.05) is 7.11 Å². The van der Waals surface area contributed by atoms with E-state index in [1.165, 1.54) is 31.8 Å². The summed E-state index contributed by atoms with van der Waals surface area (Å²) in [7, 11) is 1.49. The predicted molar refractivity (Wildman–Crippen MR) is 98.2 cm³/mol. The number of hydrogen-bond donors (Lipinski definition) is 0. The Balaban J connectivity index is 1.83. The van der Waals surface area contributed by atoms with Gasteiger partial charge in [-0.2, -0.15) is 17.9 Å². The Morgan fingerprint density at radius 3 is 2.60 bits per heavy atom. The molecule has 0 spiro atoms. The van der Waals surface area contributed by atoms with Gasteiger partial charge in [0.1, 0.15) is 23.3 Å². The molecule has 0 bridgehead atoms. The highest BCUT2D eigenvalue weighted by Gasteiger charge is 2.42. The van der Waals surface area contributed by atoms with Gasteiger partial charge in [0.05, 0.1) is 24.5 Å². The second-order valence-corrected chi connectivity index (χ2v) is 6.00. The van der Waals surface area contributed by atoms with Gasteiger partial charge in [-0.1, -0.05) is 12.1 Å². The molecule has 3 aromatic heterocycles. The van der Waals surface area contributed by atoms with Crippen LogP contribution < -0.4 is 9.57 Å². The normalized spacial score (nSPS) is 11.5. The number of nitrogens with zero attached hydrogens (tertiary/aromatic N) is 5. The Hall–Kier alpha value is -4.02. The second-order valence-electron chi connectivity index (χ2n) is 6.00. The minimum atomic E-state index is -5.17. The molecule has 0 amide bonds. The summed E-state index contributed by atoms with van der Waals surface area (Å²) in [6.07, 6.45) is -0.895. The first-order valence-corrected chi connectivity index (χ1v) is 8.45. The number of aromatic nitrogens is 5. The Morgan fingerprint density at radius 2 is 1.83 bits per heavy atom. The number of para-hydroxylation sites is 2. The molecule has 152 valence electrons. The molecule has 0 saturated heterocycles. The molecule has 0 aliphatic heterocycles. The van der Waals surface area contributed by atoms with E-state index < -0.39 is 12.1 Å². The van der Waals surface area contributed by atoms with Crippen molar-refractivity contribution in [2.45, 2.75) is 6.18 Å². The molecule has 0 fully saturated rings. The number of ether oxygens (including phenoxy) is 1. The van der Waals surface area contributed by atoms with Gasteiger partial charge < -0.3 is 9.57 Å². The minimum absolute atomic E-state index is 0.0895. The zero-order valence-electron chi connectivity index (χ0n) is 15.3. The number of carbonyl (C=O) groups is 1. The highest BCUT2D eigenvalue weighted by Crippen LogP contribution is 2.27. The van der Waals surface area contributed by atoms with Crippen molar-refractivity contribution in [1.82, 2.24) is 24.7 Å². The fourth-order valence-corrected chi connectivity index (χ4v) is 2.70. The van der Waals surface area contributed by atoms with E-state index in [-0.39, 0.29) is 17.0 Å². The molecule has 11 heteroatoms. The van der Waals surface area contributed by atoms with Gasteiger partial charge in [0.2, 0.25) is 0 Å². The van der Waals surface area contributed by atoms with Gasteiger partial charge in [-0.05, 0) is 24.3 Å². The van der Waals surface area contributed by atoms with Crippen LogP contribution in [0, 0.1) is 0 Å². The number of hydrogen-bond acceptors (Lipinski definition) is 7. The van der Waals surface area contributed by atoms with Crippen LogP contribution in [0.15, 0.2) is 55.1 Å². The average molecular weight is 415 g/mol. The zero-order valence-corrected chi connectivity index (χ0v) is 15.3. The first-order valence-electron chi connectivity index (χ1n) is 8.45. The van der Waals surface area contributed by atoms with E-state index >= 15 is 0 Å². The van der Waals surface area contributed by atoms with Crippen molar-refractivity contribution >= 4 is 17.0 Å².